The predicted molar refractivity (Wildman–Crippen MR) is 201 cm³/mol. The first-order valence-corrected chi connectivity index (χ1v) is 16.0. The van der Waals surface area contributed by atoms with Gasteiger partial charge in [-0.2, -0.15) is 21.0 Å². The number of aliphatic imine (C=N–C) groups is 2. The van der Waals surface area contributed by atoms with E-state index in [1.54, 1.807) is 36.7 Å². The van der Waals surface area contributed by atoms with Crippen LogP contribution < -0.4 is 10.2 Å². The third kappa shape index (κ3) is 15.2. The fraction of sp³-hybridized carbons (Fsp3) is 0.286. The van der Waals surface area contributed by atoms with E-state index in [1.807, 2.05) is 88.4 Å². The predicted octanol–water partition coefficient (Wildman–Crippen LogP) is 9.98. The molecular weight excluding hydrogens is 722 g/mol. The van der Waals surface area contributed by atoms with Crippen molar-refractivity contribution in [2.75, 3.05) is 0 Å². The van der Waals surface area contributed by atoms with Crippen molar-refractivity contribution in [3.8, 4) is 46.9 Å². The Kier molecular flexibility index (Phi) is 24.5. The topological polar surface area (TPSA) is 166 Å². The molecule has 51 heavy (non-hydrogen) atoms. The Morgan fingerprint density at radius 2 is 0.804 bits per heavy atom. The molecule has 0 radical (unpaired) electrons. The van der Waals surface area contributed by atoms with Crippen molar-refractivity contribution in [1.29, 1.82) is 21.0 Å². The second-order valence-corrected chi connectivity index (χ2v) is 11.2. The number of nitrogens with zero attached hydrogens (tertiary/aromatic N) is 6. The van der Waals surface area contributed by atoms with Gasteiger partial charge in [0.05, 0.1) is 35.7 Å². The summed E-state index contributed by atoms with van der Waals surface area (Å²) >= 11 is 0. The number of hydrogen-bond donors (Lipinski definition) is 0. The molecule has 0 atom stereocenters. The van der Waals surface area contributed by atoms with E-state index in [0.717, 1.165) is 44.8 Å². The monoisotopic (exact) mass is 768 g/mol. The number of benzene rings is 4. The average molecular weight is 768 g/mol. The van der Waals surface area contributed by atoms with Gasteiger partial charge in [-0.05, 0) is 60.1 Å². The van der Waals surface area contributed by atoms with Gasteiger partial charge in [0.15, 0.2) is 0 Å². The fourth-order valence-corrected chi connectivity index (χ4v) is 4.71. The quantitative estimate of drug-likeness (QED) is 0.134. The molecule has 0 aliphatic rings. The second-order valence-electron chi connectivity index (χ2n) is 11.2. The Morgan fingerprint density at radius 3 is 1.08 bits per heavy atom. The first kappa shape index (κ1) is 47.5. The Bertz CT molecular complexity index is 1740. The summed E-state index contributed by atoms with van der Waals surface area (Å²) in [5, 5.41) is 55.2. The minimum Gasteiger partial charge on any atom is -0.872 e. The van der Waals surface area contributed by atoms with Gasteiger partial charge >= 0.3 is 19.5 Å². The van der Waals surface area contributed by atoms with Gasteiger partial charge in [0.25, 0.3) is 0 Å². The fourth-order valence-electron chi connectivity index (χ4n) is 4.71. The van der Waals surface area contributed by atoms with E-state index in [4.69, 9.17) is 31.0 Å². The van der Waals surface area contributed by atoms with E-state index in [0.29, 0.717) is 11.1 Å². The molecule has 0 spiro atoms. The van der Waals surface area contributed by atoms with Crippen LogP contribution >= 0.6 is 0 Å². The standard InChI is InChI=1S/C34H36N2O2.4C2H3N.Ru/c1-21(2)27-15-9-13-25(33(27)37)19-35-29-17-7-11-23(5)31(29)32-24(6)12-8-18-30(32)36-20-26-14-10-16-28(22(3)4)34(26)38;4*1-2-3;/h7-22,37-38H,1-6H3;4*1H3;/q;;;;;+2/p-2. The van der Waals surface area contributed by atoms with Crippen LogP contribution in [0, 0.1) is 59.2 Å². The van der Waals surface area contributed by atoms with Crippen LogP contribution in [0.3, 0.4) is 0 Å². The summed E-state index contributed by atoms with van der Waals surface area (Å²) in [6.45, 7) is 17.9. The number of nitriles is 4. The van der Waals surface area contributed by atoms with Gasteiger partial charge in [0, 0.05) is 51.3 Å². The van der Waals surface area contributed by atoms with Crippen molar-refractivity contribution in [2.45, 2.75) is 81.1 Å². The van der Waals surface area contributed by atoms with Crippen LogP contribution in [-0.4, -0.2) is 12.4 Å². The smallest absolute Gasteiger partial charge is 0.872 e. The largest absolute Gasteiger partial charge is 2.00 e. The van der Waals surface area contributed by atoms with Crippen molar-refractivity contribution in [3.05, 3.63) is 106 Å². The van der Waals surface area contributed by atoms with Gasteiger partial charge in [-0.25, -0.2) is 0 Å². The average Bonchev–Trinajstić information content (AvgIpc) is 3.05. The summed E-state index contributed by atoms with van der Waals surface area (Å²) in [6, 6.07) is 30.1. The van der Waals surface area contributed by atoms with E-state index in [-0.39, 0.29) is 42.8 Å². The first-order chi connectivity index (χ1) is 23.8. The van der Waals surface area contributed by atoms with Crippen LogP contribution in [0.2, 0.25) is 0 Å². The number of para-hydroxylation sites is 2. The molecule has 264 valence electrons. The molecule has 8 nitrogen and oxygen atoms in total. The van der Waals surface area contributed by atoms with Gasteiger partial charge in [-0.15, -0.1) is 0 Å². The molecule has 0 aliphatic heterocycles. The van der Waals surface area contributed by atoms with E-state index in [9.17, 15) is 10.2 Å². The zero-order chi connectivity index (χ0) is 38.2. The molecule has 9 heteroatoms. The molecule has 0 aromatic heterocycles. The van der Waals surface area contributed by atoms with E-state index >= 15 is 0 Å². The van der Waals surface area contributed by atoms with Gasteiger partial charge in [0.1, 0.15) is 0 Å². The summed E-state index contributed by atoms with van der Waals surface area (Å²) in [5.41, 5.74) is 8.25. The third-order valence-electron chi connectivity index (χ3n) is 6.83. The molecule has 0 N–H and O–H groups in total. The van der Waals surface area contributed by atoms with E-state index in [1.165, 1.54) is 27.7 Å². The summed E-state index contributed by atoms with van der Waals surface area (Å²) < 4.78 is 0. The van der Waals surface area contributed by atoms with Crippen molar-refractivity contribution < 1.29 is 29.7 Å². The van der Waals surface area contributed by atoms with Crippen molar-refractivity contribution in [3.63, 3.8) is 0 Å². The molecule has 0 unspecified atom stereocenters. The molecule has 4 aromatic rings. The summed E-state index contributed by atoms with van der Waals surface area (Å²) in [5.74, 6) is 0.319. The SMILES string of the molecule is CC#N.CC#N.CC#N.CC#N.Cc1cccc(N=Cc2cccc(C(C)C)c2[O-])c1-c1c(C)cccc1N=Cc1cccc(C(C)C)c1[O-].[Ru+2]. The minimum absolute atomic E-state index is 0. The zero-order valence-corrected chi connectivity index (χ0v) is 32.8. The zero-order valence-electron chi connectivity index (χ0n) is 31.1. The number of hydrogen-bond acceptors (Lipinski definition) is 8. The minimum atomic E-state index is 0. The normalized spacial score (nSPS) is 9.49. The summed E-state index contributed by atoms with van der Waals surface area (Å²) in [6.07, 6.45) is 3.32. The van der Waals surface area contributed by atoms with Crippen LogP contribution in [0.4, 0.5) is 11.4 Å². The van der Waals surface area contributed by atoms with E-state index in [2.05, 4.69) is 26.0 Å². The Balaban J connectivity index is 0. The molecule has 0 bridgehead atoms. The van der Waals surface area contributed by atoms with Crippen LogP contribution in [-0.2, 0) is 19.5 Å². The van der Waals surface area contributed by atoms with E-state index < -0.39 is 0 Å². The number of rotatable bonds is 7. The molecule has 0 amide bonds. The number of aryl methyl sites for hydroxylation is 2. The molecule has 4 rings (SSSR count). The maximum atomic E-state index is 12.9. The summed E-state index contributed by atoms with van der Waals surface area (Å²) in [7, 11) is 0. The molecule has 4 aromatic carbocycles. The van der Waals surface area contributed by atoms with Crippen LogP contribution in [0.25, 0.3) is 11.1 Å². The molecule has 0 fully saturated rings. The maximum absolute atomic E-state index is 12.9. The third-order valence-corrected chi connectivity index (χ3v) is 6.83. The first-order valence-electron chi connectivity index (χ1n) is 16.0. The van der Waals surface area contributed by atoms with Gasteiger partial charge in [-0.1, -0.05) is 111 Å². The van der Waals surface area contributed by atoms with Gasteiger partial charge < -0.3 is 10.2 Å². The maximum Gasteiger partial charge on any atom is 2.00 e. The van der Waals surface area contributed by atoms with Crippen LogP contribution in [0.1, 0.15) is 101 Å². The Morgan fingerprint density at radius 1 is 0.529 bits per heavy atom. The van der Waals surface area contributed by atoms with Gasteiger partial charge in [0.2, 0.25) is 0 Å². The molecular formula is C42H46N6O2Ru. The van der Waals surface area contributed by atoms with Crippen molar-refractivity contribution in [1.82, 2.24) is 0 Å². The molecule has 0 aliphatic carbocycles. The summed E-state index contributed by atoms with van der Waals surface area (Å²) in [4.78, 5) is 9.59. The Labute approximate surface area is 317 Å². The van der Waals surface area contributed by atoms with Crippen LogP contribution in [0.15, 0.2) is 82.8 Å². The molecule has 0 saturated carbocycles. The van der Waals surface area contributed by atoms with Crippen molar-refractivity contribution in [2.24, 2.45) is 9.98 Å². The Hall–Kier alpha value is -5.60. The molecule has 0 heterocycles. The van der Waals surface area contributed by atoms with Gasteiger partial charge in [-0.3, -0.25) is 9.98 Å². The van der Waals surface area contributed by atoms with Crippen LogP contribution in [0.5, 0.6) is 11.5 Å². The molecule has 0 saturated heterocycles. The van der Waals surface area contributed by atoms with Crippen molar-refractivity contribution >= 4 is 23.8 Å². The second kappa shape index (κ2) is 26.3.